The summed E-state index contributed by atoms with van der Waals surface area (Å²) in [5.41, 5.74) is 5.03. The number of aryl methyl sites for hydroxylation is 1. The smallest absolute Gasteiger partial charge is 0.261 e. The van der Waals surface area contributed by atoms with Crippen LogP contribution in [0.5, 0.6) is 0 Å². The fraction of sp³-hybridized carbons (Fsp3) is 0.0952. The van der Waals surface area contributed by atoms with Crippen molar-refractivity contribution in [1.82, 2.24) is 9.97 Å². The molecule has 0 fully saturated rings. The highest BCUT2D eigenvalue weighted by Crippen LogP contribution is 2.29. The Morgan fingerprint density at radius 1 is 0.889 bits per heavy atom. The number of nitrogens with zero attached hydrogens (tertiary/aromatic N) is 1. The Balaban J connectivity index is 1.72. The molecule has 0 aliphatic rings. The summed E-state index contributed by atoms with van der Waals surface area (Å²) in [4.78, 5) is 8.15. The van der Waals surface area contributed by atoms with Crippen LogP contribution in [0.4, 0.5) is 5.69 Å². The number of aromatic amines is 1. The predicted octanol–water partition coefficient (Wildman–Crippen LogP) is 4.65. The average Bonchev–Trinajstić information content (AvgIpc) is 3.07. The van der Waals surface area contributed by atoms with Crippen molar-refractivity contribution in [2.24, 2.45) is 0 Å². The first kappa shape index (κ1) is 17.3. The van der Waals surface area contributed by atoms with Gasteiger partial charge in [-0.05, 0) is 49.7 Å². The summed E-state index contributed by atoms with van der Waals surface area (Å²) in [6.07, 6.45) is 0. The third-order valence-electron chi connectivity index (χ3n) is 4.55. The summed E-state index contributed by atoms with van der Waals surface area (Å²) in [7, 11) is -3.66. The lowest BCUT2D eigenvalue weighted by Gasteiger charge is -2.13. The highest BCUT2D eigenvalue weighted by molar-refractivity contribution is 7.92. The number of nitrogens with one attached hydrogen (secondary N) is 2. The molecule has 0 spiro atoms. The van der Waals surface area contributed by atoms with Gasteiger partial charge >= 0.3 is 0 Å². The zero-order valence-electron chi connectivity index (χ0n) is 15.0. The van der Waals surface area contributed by atoms with Gasteiger partial charge in [0.05, 0.1) is 21.6 Å². The number of sulfonamides is 1. The number of anilines is 1. The van der Waals surface area contributed by atoms with Crippen molar-refractivity contribution in [2.45, 2.75) is 18.7 Å². The van der Waals surface area contributed by atoms with Crippen molar-refractivity contribution >= 4 is 26.7 Å². The van der Waals surface area contributed by atoms with Gasteiger partial charge in [-0.25, -0.2) is 13.4 Å². The summed E-state index contributed by atoms with van der Waals surface area (Å²) < 4.78 is 28.1. The third-order valence-corrected chi connectivity index (χ3v) is 5.94. The molecule has 0 aliphatic carbocycles. The standard InChI is InChI=1S/C21H19N3O2S/c1-14-10-12-16(13-11-14)27(25,26)24-18-9-5-6-17(15(18)2)21-22-19-7-3-4-8-20(19)23-21/h3-13,24H,1-2H3,(H,22,23). The highest BCUT2D eigenvalue weighted by Gasteiger charge is 2.17. The largest absolute Gasteiger partial charge is 0.338 e. The molecule has 27 heavy (non-hydrogen) atoms. The minimum Gasteiger partial charge on any atom is -0.338 e. The van der Waals surface area contributed by atoms with Crippen LogP contribution in [0.25, 0.3) is 22.4 Å². The molecular weight excluding hydrogens is 358 g/mol. The van der Waals surface area contributed by atoms with Crippen molar-refractivity contribution in [3.8, 4) is 11.4 Å². The number of H-pyrrole nitrogens is 1. The Morgan fingerprint density at radius 3 is 2.37 bits per heavy atom. The second kappa shape index (κ2) is 6.55. The average molecular weight is 377 g/mol. The summed E-state index contributed by atoms with van der Waals surface area (Å²) >= 11 is 0. The molecule has 2 N–H and O–H groups in total. The van der Waals surface area contributed by atoms with Crippen molar-refractivity contribution in [2.75, 3.05) is 4.72 Å². The van der Waals surface area contributed by atoms with Crippen LogP contribution >= 0.6 is 0 Å². The number of rotatable bonds is 4. The normalized spacial score (nSPS) is 11.6. The number of aromatic nitrogens is 2. The molecular formula is C21H19N3O2S. The first-order valence-electron chi connectivity index (χ1n) is 8.58. The second-order valence-electron chi connectivity index (χ2n) is 6.50. The van der Waals surface area contributed by atoms with Gasteiger partial charge < -0.3 is 4.98 Å². The van der Waals surface area contributed by atoms with Crippen molar-refractivity contribution in [3.63, 3.8) is 0 Å². The van der Waals surface area contributed by atoms with Crippen molar-refractivity contribution in [3.05, 3.63) is 77.9 Å². The molecule has 136 valence electrons. The molecule has 4 rings (SSSR count). The molecule has 0 unspecified atom stereocenters. The van der Waals surface area contributed by atoms with E-state index in [9.17, 15) is 8.42 Å². The van der Waals surface area contributed by atoms with E-state index in [4.69, 9.17) is 0 Å². The summed E-state index contributed by atoms with van der Waals surface area (Å²) in [6, 6.07) is 20.1. The minimum atomic E-state index is -3.66. The van der Waals surface area contributed by atoms with Gasteiger partial charge in [-0.2, -0.15) is 0 Å². The van der Waals surface area contributed by atoms with Crippen LogP contribution in [0.3, 0.4) is 0 Å². The second-order valence-corrected chi connectivity index (χ2v) is 8.18. The topological polar surface area (TPSA) is 74.8 Å². The van der Waals surface area contributed by atoms with Crippen LogP contribution in [0.15, 0.2) is 71.6 Å². The van der Waals surface area contributed by atoms with Gasteiger partial charge in [0.1, 0.15) is 5.82 Å². The molecule has 0 atom stereocenters. The quantitative estimate of drug-likeness (QED) is 0.544. The van der Waals surface area contributed by atoms with E-state index < -0.39 is 10.0 Å². The minimum absolute atomic E-state index is 0.238. The van der Waals surface area contributed by atoms with E-state index in [1.54, 1.807) is 30.3 Å². The molecule has 0 amide bonds. The molecule has 4 aromatic rings. The van der Waals surface area contributed by atoms with Gasteiger partial charge in [-0.15, -0.1) is 0 Å². The Labute approximate surface area is 158 Å². The predicted molar refractivity (Wildman–Crippen MR) is 108 cm³/mol. The molecule has 3 aromatic carbocycles. The van der Waals surface area contributed by atoms with Crippen molar-refractivity contribution < 1.29 is 8.42 Å². The number of para-hydroxylation sites is 2. The molecule has 0 saturated carbocycles. The fourth-order valence-corrected chi connectivity index (χ4v) is 4.13. The maximum atomic E-state index is 12.7. The molecule has 1 heterocycles. The fourth-order valence-electron chi connectivity index (χ4n) is 3.00. The molecule has 0 aliphatic heterocycles. The van der Waals surface area contributed by atoms with E-state index in [-0.39, 0.29) is 4.90 Å². The van der Waals surface area contributed by atoms with Crippen LogP contribution in [0.1, 0.15) is 11.1 Å². The molecule has 0 radical (unpaired) electrons. The molecule has 1 aromatic heterocycles. The van der Waals surface area contributed by atoms with E-state index in [0.717, 1.165) is 27.7 Å². The van der Waals surface area contributed by atoms with Crippen LogP contribution in [-0.2, 0) is 10.0 Å². The van der Waals surface area contributed by atoms with E-state index in [1.807, 2.05) is 50.2 Å². The van der Waals surface area contributed by atoms with Crippen molar-refractivity contribution in [1.29, 1.82) is 0 Å². The van der Waals surface area contributed by atoms with Gasteiger partial charge in [0, 0.05) is 5.56 Å². The molecule has 0 saturated heterocycles. The van der Waals surface area contributed by atoms with E-state index in [0.29, 0.717) is 11.5 Å². The van der Waals surface area contributed by atoms with Gasteiger partial charge in [-0.1, -0.05) is 42.0 Å². The summed E-state index contributed by atoms with van der Waals surface area (Å²) in [5.74, 6) is 0.713. The lowest BCUT2D eigenvalue weighted by Crippen LogP contribution is -2.14. The Hall–Kier alpha value is -3.12. The van der Waals surface area contributed by atoms with Crippen LogP contribution in [0.2, 0.25) is 0 Å². The summed E-state index contributed by atoms with van der Waals surface area (Å²) in [6.45, 7) is 3.81. The summed E-state index contributed by atoms with van der Waals surface area (Å²) in [5, 5.41) is 0. The number of benzene rings is 3. The monoisotopic (exact) mass is 377 g/mol. The lowest BCUT2D eigenvalue weighted by atomic mass is 10.1. The lowest BCUT2D eigenvalue weighted by molar-refractivity contribution is 0.601. The molecule has 6 heteroatoms. The zero-order valence-corrected chi connectivity index (χ0v) is 15.8. The number of imidazole rings is 1. The SMILES string of the molecule is Cc1ccc(S(=O)(=O)Nc2cccc(-c3nc4ccccc4[nH]3)c2C)cc1. The Morgan fingerprint density at radius 2 is 1.63 bits per heavy atom. The Kier molecular flexibility index (Phi) is 4.20. The molecule has 5 nitrogen and oxygen atoms in total. The Bertz CT molecular complexity index is 1190. The molecule has 0 bridgehead atoms. The van der Waals surface area contributed by atoms with E-state index in [2.05, 4.69) is 14.7 Å². The van der Waals surface area contributed by atoms with Crippen LogP contribution in [0, 0.1) is 13.8 Å². The van der Waals surface area contributed by atoms with E-state index in [1.165, 1.54) is 0 Å². The number of hydrogen-bond donors (Lipinski definition) is 2. The van der Waals surface area contributed by atoms with Gasteiger partial charge in [0.2, 0.25) is 0 Å². The highest BCUT2D eigenvalue weighted by atomic mass is 32.2. The number of hydrogen-bond acceptors (Lipinski definition) is 3. The zero-order chi connectivity index (χ0) is 19.0. The van der Waals surface area contributed by atoms with Gasteiger partial charge in [0.25, 0.3) is 10.0 Å². The van der Waals surface area contributed by atoms with Gasteiger partial charge in [0.15, 0.2) is 0 Å². The van der Waals surface area contributed by atoms with Crippen LogP contribution in [-0.4, -0.2) is 18.4 Å². The van der Waals surface area contributed by atoms with Gasteiger partial charge in [-0.3, -0.25) is 4.72 Å². The van der Waals surface area contributed by atoms with Crippen LogP contribution < -0.4 is 4.72 Å². The first-order chi connectivity index (χ1) is 12.9. The van der Waals surface area contributed by atoms with E-state index >= 15 is 0 Å². The maximum absolute atomic E-state index is 12.7. The third kappa shape index (κ3) is 3.31. The first-order valence-corrected chi connectivity index (χ1v) is 10.1. The maximum Gasteiger partial charge on any atom is 0.261 e. The number of fused-ring (bicyclic) bond motifs is 1.